The average Bonchev–Trinajstić information content (AvgIpc) is 2.21. The van der Waals surface area contributed by atoms with Crippen LogP contribution in [-0.4, -0.2) is 18.2 Å². The molecule has 0 heterocycles. The van der Waals surface area contributed by atoms with Crippen LogP contribution in [0, 0.1) is 20.8 Å². The van der Waals surface area contributed by atoms with Crippen LogP contribution >= 0.6 is 0 Å². The van der Waals surface area contributed by atoms with Gasteiger partial charge in [-0.2, -0.15) is 0 Å². The van der Waals surface area contributed by atoms with E-state index in [0.29, 0.717) is 5.56 Å². The number of hydrogen-bond donors (Lipinski definition) is 1. The molecule has 0 radical (unpaired) electrons. The van der Waals surface area contributed by atoms with Gasteiger partial charge in [0.25, 0.3) is 0 Å². The van der Waals surface area contributed by atoms with Crippen LogP contribution in [0.15, 0.2) is 12.1 Å². The molecular weight excluding hydrogens is 192 g/mol. The van der Waals surface area contributed by atoms with Crippen molar-refractivity contribution in [3.8, 4) is 0 Å². The fourth-order valence-corrected chi connectivity index (χ4v) is 1.52. The number of carbonyl (C=O) groups is 1. The van der Waals surface area contributed by atoms with Crippen LogP contribution in [0.5, 0.6) is 0 Å². The Hall–Kier alpha value is -1.35. The number of ether oxygens (including phenoxy) is 1. The van der Waals surface area contributed by atoms with E-state index in [1.165, 1.54) is 7.11 Å². The Morgan fingerprint density at radius 2 is 1.73 bits per heavy atom. The minimum absolute atomic E-state index is 0.616. The van der Waals surface area contributed by atoms with Gasteiger partial charge in [0.15, 0.2) is 6.10 Å². The first-order valence-corrected chi connectivity index (χ1v) is 4.81. The molecule has 1 atom stereocenters. The first-order chi connectivity index (χ1) is 6.97. The first kappa shape index (κ1) is 11.7. The summed E-state index contributed by atoms with van der Waals surface area (Å²) in [6.45, 7) is 5.81. The minimum Gasteiger partial charge on any atom is -0.467 e. The van der Waals surface area contributed by atoms with Crippen molar-refractivity contribution in [1.82, 2.24) is 0 Å². The molecule has 0 fully saturated rings. The summed E-state index contributed by atoms with van der Waals surface area (Å²) in [5, 5.41) is 9.71. The molecule has 0 aromatic heterocycles. The van der Waals surface area contributed by atoms with Gasteiger partial charge in [0.1, 0.15) is 0 Å². The molecule has 1 rings (SSSR count). The number of aliphatic hydroxyl groups is 1. The van der Waals surface area contributed by atoms with Gasteiger partial charge in [0, 0.05) is 0 Å². The number of rotatable bonds is 2. The summed E-state index contributed by atoms with van der Waals surface area (Å²) in [4.78, 5) is 11.2. The van der Waals surface area contributed by atoms with Gasteiger partial charge in [-0.05, 0) is 43.0 Å². The average molecular weight is 208 g/mol. The largest absolute Gasteiger partial charge is 0.467 e. The zero-order chi connectivity index (χ0) is 11.6. The molecule has 3 heteroatoms. The molecule has 0 aliphatic rings. The van der Waals surface area contributed by atoms with Crippen LogP contribution in [-0.2, 0) is 9.53 Å². The van der Waals surface area contributed by atoms with Gasteiger partial charge in [-0.1, -0.05) is 12.1 Å². The van der Waals surface area contributed by atoms with Crippen LogP contribution in [0.3, 0.4) is 0 Å². The Balaban J connectivity index is 3.14. The predicted octanol–water partition coefficient (Wildman–Crippen LogP) is 1.82. The van der Waals surface area contributed by atoms with Crippen molar-refractivity contribution < 1.29 is 14.6 Å². The molecule has 82 valence electrons. The standard InChI is InChI=1S/C12H16O3/c1-7-5-9(3)10(6-8(7)2)11(13)12(14)15-4/h5-6,11,13H,1-4H3. The van der Waals surface area contributed by atoms with Crippen molar-refractivity contribution in [1.29, 1.82) is 0 Å². The lowest BCUT2D eigenvalue weighted by molar-refractivity contribution is -0.150. The zero-order valence-electron chi connectivity index (χ0n) is 9.50. The van der Waals surface area contributed by atoms with Gasteiger partial charge in [0.05, 0.1) is 7.11 Å². The van der Waals surface area contributed by atoms with Crippen molar-refractivity contribution in [3.05, 3.63) is 34.4 Å². The summed E-state index contributed by atoms with van der Waals surface area (Å²) >= 11 is 0. The number of hydrogen-bond acceptors (Lipinski definition) is 3. The highest BCUT2D eigenvalue weighted by atomic mass is 16.5. The van der Waals surface area contributed by atoms with Crippen LogP contribution in [0.1, 0.15) is 28.4 Å². The lowest BCUT2D eigenvalue weighted by Crippen LogP contribution is -2.15. The summed E-state index contributed by atoms with van der Waals surface area (Å²) in [5.41, 5.74) is 3.72. The number of esters is 1. The van der Waals surface area contributed by atoms with Crippen molar-refractivity contribution in [2.75, 3.05) is 7.11 Å². The number of benzene rings is 1. The third-order valence-electron chi connectivity index (χ3n) is 2.60. The molecule has 15 heavy (non-hydrogen) atoms. The highest BCUT2D eigenvalue weighted by Crippen LogP contribution is 2.22. The Kier molecular flexibility index (Phi) is 3.48. The third kappa shape index (κ3) is 2.36. The molecule has 0 saturated heterocycles. The summed E-state index contributed by atoms with van der Waals surface area (Å²) in [5.74, 6) is -0.624. The second-order valence-electron chi connectivity index (χ2n) is 3.72. The Morgan fingerprint density at radius 1 is 1.20 bits per heavy atom. The van der Waals surface area contributed by atoms with Crippen LogP contribution in [0.2, 0.25) is 0 Å². The highest BCUT2D eigenvalue weighted by Gasteiger charge is 2.20. The van der Waals surface area contributed by atoms with Crippen molar-refractivity contribution in [3.63, 3.8) is 0 Å². The van der Waals surface area contributed by atoms with Crippen LogP contribution in [0.4, 0.5) is 0 Å². The SMILES string of the molecule is COC(=O)C(O)c1cc(C)c(C)cc1C. The lowest BCUT2D eigenvalue weighted by atomic mass is 9.97. The Labute approximate surface area is 89.7 Å². The van der Waals surface area contributed by atoms with E-state index >= 15 is 0 Å². The third-order valence-corrected chi connectivity index (χ3v) is 2.60. The van der Waals surface area contributed by atoms with Crippen molar-refractivity contribution >= 4 is 5.97 Å². The quantitative estimate of drug-likeness (QED) is 0.754. The van der Waals surface area contributed by atoms with E-state index < -0.39 is 12.1 Å². The summed E-state index contributed by atoms with van der Waals surface area (Å²) in [6, 6.07) is 3.78. The van der Waals surface area contributed by atoms with Gasteiger partial charge in [-0.25, -0.2) is 4.79 Å². The number of aliphatic hydroxyl groups excluding tert-OH is 1. The molecule has 1 aromatic rings. The molecule has 0 amide bonds. The topological polar surface area (TPSA) is 46.5 Å². The second kappa shape index (κ2) is 4.45. The molecule has 1 aromatic carbocycles. The van der Waals surface area contributed by atoms with E-state index in [0.717, 1.165) is 16.7 Å². The van der Waals surface area contributed by atoms with Gasteiger partial charge >= 0.3 is 5.97 Å². The van der Waals surface area contributed by atoms with Crippen molar-refractivity contribution in [2.24, 2.45) is 0 Å². The molecule has 0 saturated carbocycles. The molecule has 0 aliphatic heterocycles. The predicted molar refractivity (Wildman–Crippen MR) is 57.6 cm³/mol. The van der Waals surface area contributed by atoms with E-state index in [2.05, 4.69) is 4.74 Å². The maximum Gasteiger partial charge on any atom is 0.339 e. The van der Waals surface area contributed by atoms with E-state index in [9.17, 15) is 9.90 Å². The molecule has 0 aliphatic carbocycles. The highest BCUT2D eigenvalue weighted by molar-refractivity contribution is 5.76. The molecule has 0 spiro atoms. The second-order valence-corrected chi connectivity index (χ2v) is 3.72. The maximum absolute atomic E-state index is 11.2. The molecule has 3 nitrogen and oxygen atoms in total. The molecule has 1 N–H and O–H groups in total. The normalized spacial score (nSPS) is 12.3. The van der Waals surface area contributed by atoms with Gasteiger partial charge in [-0.15, -0.1) is 0 Å². The van der Waals surface area contributed by atoms with Crippen LogP contribution < -0.4 is 0 Å². The summed E-state index contributed by atoms with van der Waals surface area (Å²) in [6.07, 6.45) is -1.19. The van der Waals surface area contributed by atoms with Gasteiger partial charge in [-0.3, -0.25) is 0 Å². The summed E-state index contributed by atoms with van der Waals surface area (Å²) < 4.78 is 4.50. The van der Waals surface area contributed by atoms with E-state index in [1.807, 2.05) is 32.9 Å². The van der Waals surface area contributed by atoms with Gasteiger partial charge < -0.3 is 9.84 Å². The fourth-order valence-electron chi connectivity index (χ4n) is 1.52. The van der Waals surface area contributed by atoms with E-state index in [4.69, 9.17) is 0 Å². The Morgan fingerprint density at radius 3 is 2.27 bits per heavy atom. The van der Waals surface area contributed by atoms with E-state index in [1.54, 1.807) is 0 Å². The van der Waals surface area contributed by atoms with Crippen molar-refractivity contribution in [2.45, 2.75) is 26.9 Å². The fraction of sp³-hybridized carbons (Fsp3) is 0.417. The Bertz CT molecular complexity index is 383. The molecular formula is C12H16O3. The smallest absolute Gasteiger partial charge is 0.339 e. The lowest BCUT2D eigenvalue weighted by Gasteiger charge is -2.13. The minimum atomic E-state index is -1.19. The zero-order valence-corrected chi connectivity index (χ0v) is 9.50. The number of aryl methyl sites for hydroxylation is 3. The number of methoxy groups -OCH3 is 1. The van der Waals surface area contributed by atoms with Gasteiger partial charge in [0.2, 0.25) is 0 Å². The summed E-state index contributed by atoms with van der Waals surface area (Å²) in [7, 11) is 1.27. The maximum atomic E-state index is 11.2. The molecule has 0 bridgehead atoms. The van der Waals surface area contributed by atoms with Crippen LogP contribution in [0.25, 0.3) is 0 Å². The first-order valence-electron chi connectivity index (χ1n) is 4.81. The molecule has 1 unspecified atom stereocenters. The van der Waals surface area contributed by atoms with E-state index in [-0.39, 0.29) is 0 Å². The number of carbonyl (C=O) groups excluding carboxylic acids is 1. The monoisotopic (exact) mass is 208 g/mol.